The average molecular weight is 362 g/mol. The maximum absolute atomic E-state index is 5.78. The summed E-state index contributed by atoms with van der Waals surface area (Å²) in [6, 6.07) is 8.43. The van der Waals surface area contributed by atoms with Gasteiger partial charge in [0.2, 0.25) is 0 Å². The van der Waals surface area contributed by atoms with Crippen LogP contribution in [0.2, 0.25) is 0 Å². The number of ether oxygens (including phenoxy) is 1. The summed E-state index contributed by atoms with van der Waals surface area (Å²) in [5.41, 5.74) is 1.37. The van der Waals surface area contributed by atoms with Gasteiger partial charge in [0.05, 0.1) is 6.61 Å². The van der Waals surface area contributed by atoms with Gasteiger partial charge in [-0.05, 0) is 42.7 Å². The Kier molecular flexibility index (Phi) is 5.51. The Bertz CT molecular complexity index is 350. The molecule has 1 aromatic rings. The van der Waals surface area contributed by atoms with Crippen molar-refractivity contribution < 1.29 is 4.74 Å². The van der Waals surface area contributed by atoms with Crippen molar-refractivity contribution in [2.75, 3.05) is 18.5 Å². The van der Waals surface area contributed by atoms with E-state index in [1.54, 1.807) is 0 Å². The zero-order chi connectivity index (χ0) is 12.1. The number of halogens is 2. The van der Waals surface area contributed by atoms with E-state index in [1.165, 1.54) is 22.9 Å². The first-order chi connectivity index (χ1) is 8.29. The van der Waals surface area contributed by atoms with Gasteiger partial charge < -0.3 is 4.74 Å². The van der Waals surface area contributed by atoms with Gasteiger partial charge in [-0.2, -0.15) is 0 Å². The van der Waals surface area contributed by atoms with Crippen LogP contribution in [0.1, 0.15) is 18.4 Å². The van der Waals surface area contributed by atoms with E-state index in [0.29, 0.717) is 5.92 Å². The summed E-state index contributed by atoms with van der Waals surface area (Å²) in [5, 5.41) is 0.999. The predicted molar refractivity (Wildman–Crippen MR) is 78.7 cm³/mol. The third kappa shape index (κ3) is 4.72. The van der Waals surface area contributed by atoms with Crippen LogP contribution < -0.4 is 0 Å². The zero-order valence-electron chi connectivity index (χ0n) is 9.87. The van der Waals surface area contributed by atoms with Gasteiger partial charge >= 0.3 is 0 Å². The molecule has 0 amide bonds. The largest absolute Gasteiger partial charge is 0.381 e. The van der Waals surface area contributed by atoms with Gasteiger partial charge in [-0.15, -0.1) is 0 Å². The molecule has 1 nitrogen and oxygen atoms in total. The third-order valence-corrected chi connectivity index (χ3v) is 4.78. The fourth-order valence-corrected chi connectivity index (χ4v) is 2.68. The average Bonchev–Trinajstić information content (AvgIpc) is 3.14. The molecule has 17 heavy (non-hydrogen) atoms. The van der Waals surface area contributed by atoms with Gasteiger partial charge in [-0.3, -0.25) is 0 Å². The van der Waals surface area contributed by atoms with Gasteiger partial charge in [0.25, 0.3) is 0 Å². The summed E-state index contributed by atoms with van der Waals surface area (Å²) in [4.78, 5) is 0. The molecule has 0 aliphatic heterocycles. The summed E-state index contributed by atoms with van der Waals surface area (Å²) in [7, 11) is 0. The molecule has 0 bridgehead atoms. The Morgan fingerprint density at radius 2 is 2.06 bits per heavy atom. The lowest BCUT2D eigenvalue weighted by Gasteiger charge is -2.15. The maximum atomic E-state index is 5.78. The summed E-state index contributed by atoms with van der Waals surface area (Å²) in [6.07, 6.45) is 3.80. The molecule has 3 heteroatoms. The normalized spacial score (nSPS) is 17.1. The van der Waals surface area contributed by atoms with Crippen LogP contribution in [-0.4, -0.2) is 18.5 Å². The molecule has 1 saturated carbocycles. The number of hydrogen-bond acceptors (Lipinski definition) is 1. The van der Waals surface area contributed by atoms with E-state index >= 15 is 0 Å². The van der Waals surface area contributed by atoms with Crippen molar-refractivity contribution >= 4 is 31.9 Å². The van der Waals surface area contributed by atoms with Crippen molar-refractivity contribution in [2.24, 2.45) is 11.8 Å². The molecule has 0 saturated heterocycles. The molecule has 0 N–H and O–H groups in total. The lowest BCUT2D eigenvalue weighted by atomic mass is 10.0. The highest BCUT2D eigenvalue weighted by Crippen LogP contribution is 2.29. The molecule has 1 aliphatic rings. The molecule has 0 spiro atoms. The summed E-state index contributed by atoms with van der Waals surface area (Å²) >= 11 is 7.18. The lowest BCUT2D eigenvalue weighted by Crippen LogP contribution is -2.15. The first-order valence-corrected chi connectivity index (χ1v) is 8.08. The first-order valence-electron chi connectivity index (χ1n) is 6.16. The second-order valence-corrected chi connectivity index (χ2v) is 6.30. The Balaban J connectivity index is 1.79. The van der Waals surface area contributed by atoms with Crippen LogP contribution in [0.4, 0.5) is 0 Å². The molecule has 94 valence electrons. The van der Waals surface area contributed by atoms with Crippen LogP contribution in [0.3, 0.4) is 0 Å². The number of hydrogen-bond donors (Lipinski definition) is 0. The molecular formula is C14H18Br2O. The minimum atomic E-state index is 0.562. The van der Waals surface area contributed by atoms with Gasteiger partial charge in [-0.25, -0.2) is 0 Å². The van der Waals surface area contributed by atoms with Crippen LogP contribution in [0, 0.1) is 11.8 Å². The van der Waals surface area contributed by atoms with E-state index in [2.05, 4.69) is 56.1 Å². The minimum Gasteiger partial charge on any atom is -0.381 e. The molecule has 1 unspecified atom stereocenters. The van der Waals surface area contributed by atoms with Crippen molar-refractivity contribution in [3.63, 3.8) is 0 Å². The summed E-state index contributed by atoms with van der Waals surface area (Å²) < 4.78 is 6.98. The van der Waals surface area contributed by atoms with Crippen molar-refractivity contribution in [1.29, 1.82) is 0 Å². The van der Waals surface area contributed by atoms with E-state index < -0.39 is 0 Å². The summed E-state index contributed by atoms with van der Waals surface area (Å²) in [5.74, 6) is 1.42. The van der Waals surface area contributed by atoms with E-state index in [0.717, 1.165) is 30.9 Å². The molecular weight excluding hydrogens is 344 g/mol. The predicted octanol–water partition coefficient (Wildman–Crippen LogP) is 4.43. The van der Waals surface area contributed by atoms with Crippen LogP contribution in [0.5, 0.6) is 0 Å². The summed E-state index contributed by atoms with van der Waals surface area (Å²) in [6.45, 7) is 1.82. The Hall–Kier alpha value is 0.140. The van der Waals surface area contributed by atoms with Gasteiger partial charge in [0, 0.05) is 16.4 Å². The molecule has 1 atom stereocenters. The molecule has 2 rings (SSSR count). The molecule has 1 aliphatic carbocycles. The lowest BCUT2D eigenvalue weighted by molar-refractivity contribution is 0.0979. The van der Waals surface area contributed by atoms with Crippen molar-refractivity contribution in [1.82, 2.24) is 0 Å². The van der Waals surface area contributed by atoms with E-state index in [-0.39, 0.29) is 0 Å². The van der Waals surface area contributed by atoms with Crippen molar-refractivity contribution in [3.8, 4) is 0 Å². The van der Waals surface area contributed by atoms with Gasteiger partial charge in [0.15, 0.2) is 0 Å². The fraction of sp³-hybridized carbons (Fsp3) is 0.571. The second kappa shape index (κ2) is 6.91. The Morgan fingerprint density at radius 1 is 1.29 bits per heavy atom. The monoisotopic (exact) mass is 360 g/mol. The number of benzene rings is 1. The Morgan fingerprint density at radius 3 is 2.71 bits per heavy atom. The Labute approximate surface area is 120 Å². The first kappa shape index (κ1) is 13.6. The van der Waals surface area contributed by atoms with Gasteiger partial charge in [-0.1, -0.05) is 50.1 Å². The van der Waals surface area contributed by atoms with E-state index in [1.807, 2.05) is 0 Å². The molecule has 1 fully saturated rings. The van der Waals surface area contributed by atoms with Gasteiger partial charge in [0.1, 0.15) is 0 Å². The molecule has 0 radical (unpaired) electrons. The second-order valence-electron chi connectivity index (χ2n) is 4.80. The zero-order valence-corrected chi connectivity index (χ0v) is 13.0. The molecule has 1 aromatic carbocycles. The fourth-order valence-electron chi connectivity index (χ4n) is 1.82. The number of alkyl halides is 1. The highest BCUT2D eigenvalue weighted by Gasteiger charge is 2.21. The smallest absolute Gasteiger partial charge is 0.0505 e. The highest BCUT2D eigenvalue weighted by atomic mass is 79.9. The van der Waals surface area contributed by atoms with Crippen LogP contribution in [-0.2, 0) is 11.2 Å². The van der Waals surface area contributed by atoms with Crippen LogP contribution >= 0.6 is 31.9 Å². The minimum absolute atomic E-state index is 0.562. The third-order valence-electron chi connectivity index (χ3n) is 3.09. The number of rotatable bonds is 7. The van der Waals surface area contributed by atoms with E-state index in [9.17, 15) is 0 Å². The van der Waals surface area contributed by atoms with E-state index in [4.69, 9.17) is 4.74 Å². The van der Waals surface area contributed by atoms with Crippen LogP contribution in [0.25, 0.3) is 0 Å². The standard InChI is InChI=1S/C14H18Br2O/c15-8-12(10-17-9-11-5-6-11)7-13-3-1-2-4-14(13)16/h1-4,11-12H,5-10H2. The quantitative estimate of drug-likeness (QED) is 0.653. The molecule has 0 heterocycles. The SMILES string of the molecule is BrCC(COCC1CC1)Cc1ccccc1Br. The topological polar surface area (TPSA) is 9.23 Å². The van der Waals surface area contributed by atoms with Crippen molar-refractivity contribution in [2.45, 2.75) is 19.3 Å². The highest BCUT2D eigenvalue weighted by molar-refractivity contribution is 9.10. The maximum Gasteiger partial charge on any atom is 0.0505 e. The van der Waals surface area contributed by atoms with Crippen LogP contribution in [0.15, 0.2) is 28.7 Å². The van der Waals surface area contributed by atoms with Crippen molar-refractivity contribution in [3.05, 3.63) is 34.3 Å². The molecule has 0 aromatic heterocycles.